The molecule has 15 heavy (non-hydrogen) atoms. The van der Waals surface area contributed by atoms with E-state index in [0.29, 0.717) is 23.8 Å². The number of alkyl halides is 2. The van der Waals surface area contributed by atoms with Gasteiger partial charge < -0.3 is 11.1 Å². The van der Waals surface area contributed by atoms with Gasteiger partial charge in [0.05, 0.1) is 10.7 Å². The number of hydrogen-bond donors (Lipinski definition) is 2. The van der Waals surface area contributed by atoms with Gasteiger partial charge in [-0.2, -0.15) is 0 Å². The first-order valence-corrected chi connectivity index (χ1v) is 5.04. The highest BCUT2D eigenvalue weighted by Crippen LogP contribution is 2.27. The maximum Gasteiger partial charge on any atom is 0.263 e. The van der Waals surface area contributed by atoms with E-state index in [1.165, 1.54) is 12.1 Å². The lowest BCUT2D eigenvalue weighted by Gasteiger charge is -2.09. The third-order valence-corrected chi connectivity index (χ3v) is 2.25. The van der Waals surface area contributed by atoms with Crippen LogP contribution in [0.5, 0.6) is 0 Å². The lowest BCUT2D eigenvalue weighted by molar-refractivity contribution is 0.151. The predicted octanol–water partition coefficient (Wildman–Crippen LogP) is 3.04. The lowest BCUT2D eigenvalue weighted by Crippen LogP contribution is -2.08. The highest BCUT2D eigenvalue weighted by molar-refractivity contribution is 6.33. The molecule has 0 spiro atoms. The summed E-state index contributed by atoms with van der Waals surface area (Å²) in [6, 6.07) is 4.19. The van der Waals surface area contributed by atoms with Gasteiger partial charge in [0, 0.05) is 12.1 Å². The molecule has 0 aliphatic carbocycles. The smallest absolute Gasteiger partial charge is 0.263 e. The second kappa shape index (κ2) is 5.88. The first kappa shape index (κ1) is 12.2. The van der Waals surface area contributed by atoms with Gasteiger partial charge in [0.2, 0.25) is 0 Å². The SMILES string of the molecule is NCCCNc1ccc(C(F)F)cc1Cl. The molecule has 0 aliphatic rings. The summed E-state index contributed by atoms with van der Waals surface area (Å²) in [6.45, 7) is 1.27. The number of benzene rings is 1. The molecule has 0 bridgehead atoms. The number of nitrogens with two attached hydrogens (primary N) is 1. The summed E-state index contributed by atoms with van der Waals surface area (Å²) in [5.41, 5.74) is 5.92. The van der Waals surface area contributed by atoms with Crippen LogP contribution < -0.4 is 11.1 Å². The second-order valence-electron chi connectivity index (χ2n) is 3.11. The van der Waals surface area contributed by atoms with Crippen molar-refractivity contribution >= 4 is 17.3 Å². The lowest BCUT2D eigenvalue weighted by atomic mass is 10.2. The quantitative estimate of drug-likeness (QED) is 0.769. The summed E-state index contributed by atoms with van der Waals surface area (Å²) in [7, 11) is 0. The van der Waals surface area contributed by atoms with E-state index in [4.69, 9.17) is 17.3 Å². The van der Waals surface area contributed by atoms with Gasteiger partial charge in [-0.25, -0.2) is 8.78 Å². The molecule has 0 atom stereocenters. The van der Waals surface area contributed by atoms with E-state index in [1.54, 1.807) is 6.07 Å². The Kier molecular flexibility index (Phi) is 4.78. The first-order chi connectivity index (χ1) is 7.15. The number of nitrogens with one attached hydrogen (secondary N) is 1. The van der Waals surface area contributed by atoms with E-state index in [-0.39, 0.29) is 5.56 Å². The molecule has 0 unspecified atom stereocenters. The molecule has 0 aromatic heterocycles. The standard InChI is InChI=1S/C10H13ClF2N2/c11-8-6-7(10(12)13)2-3-9(8)15-5-1-4-14/h2-3,6,10,15H,1,4-5,14H2. The zero-order valence-electron chi connectivity index (χ0n) is 8.14. The largest absolute Gasteiger partial charge is 0.384 e. The van der Waals surface area contributed by atoms with E-state index >= 15 is 0 Å². The van der Waals surface area contributed by atoms with Crippen molar-refractivity contribution in [3.8, 4) is 0 Å². The molecule has 0 amide bonds. The molecule has 0 heterocycles. The van der Waals surface area contributed by atoms with Crippen LogP contribution >= 0.6 is 11.6 Å². The van der Waals surface area contributed by atoms with Crippen molar-refractivity contribution in [2.24, 2.45) is 5.73 Å². The maximum absolute atomic E-state index is 12.3. The Morgan fingerprint density at radius 2 is 2.13 bits per heavy atom. The molecular formula is C10H13ClF2N2. The minimum atomic E-state index is -2.49. The van der Waals surface area contributed by atoms with Crippen LogP contribution in [0.3, 0.4) is 0 Å². The number of rotatable bonds is 5. The van der Waals surface area contributed by atoms with Crippen molar-refractivity contribution in [2.75, 3.05) is 18.4 Å². The van der Waals surface area contributed by atoms with Crippen LogP contribution in [0.1, 0.15) is 18.4 Å². The van der Waals surface area contributed by atoms with Crippen molar-refractivity contribution in [1.82, 2.24) is 0 Å². The van der Waals surface area contributed by atoms with Gasteiger partial charge in [0.15, 0.2) is 0 Å². The van der Waals surface area contributed by atoms with Crippen LogP contribution in [0.4, 0.5) is 14.5 Å². The molecule has 84 valence electrons. The van der Waals surface area contributed by atoms with Gasteiger partial charge in [-0.05, 0) is 25.1 Å². The topological polar surface area (TPSA) is 38.0 Å². The molecule has 2 nitrogen and oxygen atoms in total. The molecular weight excluding hydrogens is 222 g/mol. The normalized spacial score (nSPS) is 10.7. The molecule has 0 aliphatic heterocycles. The highest BCUT2D eigenvalue weighted by Gasteiger charge is 2.09. The monoisotopic (exact) mass is 234 g/mol. The molecule has 1 aromatic carbocycles. The van der Waals surface area contributed by atoms with Crippen molar-refractivity contribution in [1.29, 1.82) is 0 Å². The third-order valence-electron chi connectivity index (χ3n) is 1.94. The summed E-state index contributed by atoms with van der Waals surface area (Å²) < 4.78 is 24.6. The first-order valence-electron chi connectivity index (χ1n) is 4.66. The Labute approximate surface area is 92.4 Å². The Morgan fingerprint density at radius 1 is 1.40 bits per heavy atom. The molecule has 0 saturated carbocycles. The minimum Gasteiger partial charge on any atom is -0.384 e. The van der Waals surface area contributed by atoms with Crippen molar-refractivity contribution in [2.45, 2.75) is 12.8 Å². The number of anilines is 1. The van der Waals surface area contributed by atoms with Gasteiger partial charge in [0.1, 0.15) is 0 Å². The molecule has 1 aromatic rings. The summed E-state index contributed by atoms with van der Waals surface area (Å²) in [5.74, 6) is 0. The Hall–Kier alpha value is -0.870. The van der Waals surface area contributed by atoms with Crippen LogP contribution in [-0.2, 0) is 0 Å². The summed E-state index contributed by atoms with van der Waals surface area (Å²) in [4.78, 5) is 0. The van der Waals surface area contributed by atoms with E-state index in [2.05, 4.69) is 5.32 Å². The second-order valence-corrected chi connectivity index (χ2v) is 3.52. The third kappa shape index (κ3) is 3.64. The fourth-order valence-corrected chi connectivity index (χ4v) is 1.39. The molecule has 0 fully saturated rings. The van der Waals surface area contributed by atoms with Crippen LogP contribution in [0, 0.1) is 0 Å². The van der Waals surface area contributed by atoms with Gasteiger partial charge in [-0.15, -0.1) is 0 Å². The van der Waals surface area contributed by atoms with E-state index in [0.717, 1.165) is 6.42 Å². The van der Waals surface area contributed by atoms with Gasteiger partial charge in [-0.1, -0.05) is 17.7 Å². The van der Waals surface area contributed by atoms with Crippen molar-refractivity contribution in [3.63, 3.8) is 0 Å². The zero-order valence-corrected chi connectivity index (χ0v) is 8.90. The van der Waals surface area contributed by atoms with Crippen molar-refractivity contribution in [3.05, 3.63) is 28.8 Å². The van der Waals surface area contributed by atoms with E-state index < -0.39 is 6.43 Å². The molecule has 0 saturated heterocycles. The number of halogens is 3. The predicted molar refractivity (Wildman–Crippen MR) is 58.6 cm³/mol. The average molecular weight is 235 g/mol. The number of hydrogen-bond acceptors (Lipinski definition) is 2. The summed E-state index contributed by atoms with van der Waals surface area (Å²) in [6.07, 6.45) is -1.67. The maximum atomic E-state index is 12.3. The van der Waals surface area contributed by atoms with Crippen LogP contribution in [0.2, 0.25) is 5.02 Å². The molecule has 1 rings (SSSR count). The summed E-state index contributed by atoms with van der Waals surface area (Å²) >= 11 is 5.83. The van der Waals surface area contributed by atoms with Crippen molar-refractivity contribution < 1.29 is 8.78 Å². The van der Waals surface area contributed by atoms with Crippen LogP contribution in [0.25, 0.3) is 0 Å². The van der Waals surface area contributed by atoms with Gasteiger partial charge >= 0.3 is 0 Å². The van der Waals surface area contributed by atoms with Crippen LogP contribution in [-0.4, -0.2) is 13.1 Å². The molecule has 3 N–H and O–H groups in total. The Bertz CT molecular complexity index is 318. The van der Waals surface area contributed by atoms with Crippen LogP contribution in [0.15, 0.2) is 18.2 Å². The van der Waals surface area contributed by atoms with Gasteiger partial charge in [-0.3, -0.25) is 0 Å². The zero-order chi connectivity index (χ0) is 11.3. The minimum absolute atomic E-state index is 0.0654. The summed E-state index contributed by atoms with van der Waals surface area (Å²) in [5, 5.41) is 3.33. The molecule has 0 radical (unpaired) electrons. The fraction of sp³-hybridized carbons (Fsp3) is 0.400. The van der Waals surface area contributed by atoms with Gasteiger partial charge in [0.25, 0.3) is 6.43 Å². The Morgan fingerprint density at radius 3 is 2.67 bits per heavy atom. The van der Waals surface area contributed by atoms with E-state index in [1.807, 2.05) is 0 Å². The Balaban J connectivity index is 2.66. The highest BCUT2D eigenvalue weighted by atomic mass is 35.5. The average Bonchev–Trinajstić information content (AvgIpc) is 2.20. The van der Waals surface area contributed by atoms with E-state index in [9.17, 15) is 8.78 Å². The molecule has 5 heteroatoms. The fourth-order valence-electron chi connectivity index (χ4n) is 1.14.